The SMILES string of the molecule is COP(=O)(OC)C(=O)C(C)(C)Oc1cc(C)c(Cc2ccc(O)c(C(C)C)c2)c(C)c1. The van der Waals surface area contributed by atoms with Gasteiger partial charge in [0.1, 0.15) is 11.5 Å². The van der Waals surface area contributed by atoms with Gasteiger partial charge in [-0.25, -0.2) is 0 Å². The number of hydrogen-bond donors (Lipinski definition) is 1. The molecule has 6 nitrogen and oxygen atoms in total. The smallest absolute Gasteiger partial charge is 0.400 e. The van der Waals surface area contributed by atoms with E-state index in [1.807, 2.05) is 38.1 Å². The van der Waals surface area contributed by atoms with E-state index in [1.165, 1.54) is 14.2 Å². The Morgan fingerprint density at radius 3 is 2.10 bits per heavy atom. The first-order valence-corrected chi connectivity index (χ1v) is 11.8. The largest absolute Gasteiger partial charge is 0.508 e. The van der Waals surface area contributed by atoms with Crippen LogP contribution >= 0.6 is 7.60 Å². The van der Waals surface area contributed by atoms with Gasteiger partial charge < -0.3 is 18.9 Å². The molecule has 0 radical (unpaired) electrons. The number of aromatic hydroxyl groups is 1. The first-order valence-electron chi connectivity index (χ1n) is 10.2. The number of aryl methyl sites for hydroxylation is 2. The summed E-state index contributed by atoms with van der Waals surface area (Å²) in [6.07, 6.45) is 0.711. The van der Waals surface area contributed by atoms with Crippen molar-refractivity contribution >= 4 is 13.1 Å². The Hall–Kier alpha value is -2.14. The molecule has 0 fully saturated rings. The summed E-state index contributed by atoms with van der Waals surface area (Å²) in [6.45, 7) is 11.2. The van der Waals surface area contributed by atoms with Crippen molar-refractivity contribution in [2.45, 2.75) is 59.5 Å². The minimum atomic E-state index is -3.91. The quantitative estimate of drug-likeness (QED) is 0.482. The van der Waals surface area contributed by atoms with Crippen LogP contribution in [0.2, 0.25) is 0 Å². The molecule has 0 atom stereocenters. The van der Waals surface area contributed by atoms with Gasteiger partial charge >= 0.3 is 7.60 Å². The third kappa shape index (κ3) is 5.57. The molecule has 2 rings (SSSR count). The zero-order valence-electron chi connectivity index (χ0n) is 19.6. The number of phenolic OH excluding ortho intramolecular Hbond substituents is 1. The first kappa shape index (κ1) is 25.1. The van der Waals surface area contributed by atoms with Gasteiger partial charge in [-0.3, -0.25) is 9.36 Å². The number of ether oxygens (including phenoxy) is 1. The molecule has 31 heavy (non-hydrogen) atoms. The standard InChI is InChI=1S/C24H33O6P/c1-15(2)20-13-18(9-10-22(20)25)14-21-16(3)11-19(12-17(21)4)30-24(5,6)23(26)31(27,28-7)29-8/h9-13,15,25H,14H2,1-8H3. The topological polar surface area (TPSA) is 82.1 Å². The maximum atomic E-state index is 12.7. The Morgan fingerprint density at radius 1 is 1.06 bits per heavy atom. The van der Waals surface area contributed by atoms with Crippen LogP contribution < -0.4 is 4.74 Å². The van der Waals surface area contributed by atoms with E-state index in [2.05, 4.69) is 13.8 Å². The van der Waals surface area contributed by atoms with Gasteiger partial charge in [0.05, 0.1) is 0 Å². The van der Waals surface area contributed by atoms with E-state index in [4.69, 9.17) is 13.8 Å². The summed E-state index contributed by atoms with van der Waals surface area (Å²) in [7, 11) is -1.56. The Balaban J connectivity index is 2.31. The maximum absolute atomic E-state index is 12.7. The van der Waals surface area contributed by atoms with Crippen molar-refractivity contribution in [1.29, 1.82) is 0 Å². The lowest BCUT2D eigenvalue weighted by Gasteiger charge is -2.28. The molecule has 0 amide bonds. The van der Waals surface area contributed by atoms with Gasteiger partial charge in [0.15, 0.2) is 5.60 Å². The van der Waals surface area contributed by atoms with Crippen LogP contribution in [0.15, 0.2) is 30.3 Å². The third-order valence-corrected chi connectivity index (χ3v) is 7.38. The average Bonchev–Trinajstić information content (AvgIpc) is 2.70. The molecule has 2 aromatic rings. The number of phenols is 1. The van der Waals surface area contributed by atoms with Crippen LogP contribution in [-0.4, -0.2) is 30.5 Å². The van der Waals surface area contributed by atoms with Crippen molar-refractivity contribution in [3.63, 3.8) is 0 Å². The Morgan fingerprint density at radius 2 is 1.61 bits per heavy atom. The van der Waals surface area contributed by atoms with Crippen LogP contribution in [0.3, 0.4) is 0 Å². The monoisotopic (exact) mass is 448 g/mol. The summed E-state index contributed by atoms with van der Waals surface area (Å²) in [5, 5.41) is 10.1. The summed E-state index contributed by atoms with van der Waals surface area (Å²) >= 11 is 0. The predicted molar refractivity (Wildman–Crippen MR) is 122 cm³/mol. The predicted octanol–water partition coefficient (Wildman–Crippen LogP) is 5.89. The zero-order valence-corrected chi connectivity index (χ0v) is 20.5. The fourth-order valence-corrected chi connectivity index (χ4v) is 4.77. The molecule has 7 heteroatoms. The lowest BCUT2D eigenvalue weighted by molar-refractivity contribution is -0.125. The molecule has 0 heterocycles. The van der Waals surface area contributed by atoms with E-state index in [-0.39, 0.29) is 5.92 Å². The van der Waals surface area contributed by atoms with Crippen molar-refractivity contribution in [2.75, 3.05) is 14.2 Å². The van der Waals surface area contributed by atoms with Gasteiger partial charge in [0.25, 0.3) is 5.52 Å². The molecule has 0 bridgehead atoms. The molecule has 0 aliphatic carbocycles. The van der Waals surface area contributed by atoms with Gasteiger partial charge in [-0.05, 0) is 86.1 Å². The van der Waals surface area contributed by atoms with Crippen LogP contribution in [0, 0.1) is 13.8 Å². The van der Waals surface area contributed by atoms with Crippen molar-refractivity contribution in [3.05, 3.63) is 58.1 Å². The average molecular weight is 448 g/mol. The second-order valence-corrected chi connectivity index (χ2v) is 10.7. The van der Waals surface area contributed by atoms with Crippen LogP contribution in [0.5, 0.6) is 11.5 Å². The molecule has 0 aromatic heterocycles. The summed E-state index contributed by atoms with van der Waals surface area (Å²) in [5.41, 5.74) is 3.07. The molecule has 0 saturated heterocycles. The van der Waals surface area contributed by atoms with Crippen LogP contribution in [0.25, 0.3) is 0 Å². The number of rotatable bonds is 9. The summed E-state index contributed by atoms with van der Waals surface area (Å²) in [4.78, 5) is 12.7. The van der Waals surface area contributed by atoms with Gasteiger partial charge in [-0.2, -0.15) is 0 Å². The molecular formula is C24H33O6P. The van der Waals surface area contributed by atoms with E-state index in [1.54, 1.807) is 19.9 Å². The second-order valence-electron chi connectivity index (χ2n) is 8.54. The zero-order chi connectivity index (χ0) is 23.6. The normalized spacial score (nSPS) is 12.3. The van der Waals surface area contributed by atoms with Crippen LogP contribution in [-0.2, 0) is 24.8 Å². The third-order valence-electron chi connectivity index (χ3n) is 5.38. The van der Waals surface area contributed by atoms with Crippen molar-refractivity contribution in [3.8, 4) is 11.5 Å². The van der Waals surface area contributed by atoms with Crippen molar-refractivity contribution in [1.82, 2.24) is 0 Å². The van der Waals surface area contributed by atoms with Gasteiger partial charge in [-0.15, -0.1) is 0 Å². The molecule has 0 saturated carbocycles. The van der Waals surface area contributed by atoms with Gasteiger partial charge in [-0.1, -0.05) is 26.0 Å². The summed E-state index contributed by atoms with van der Waals surface area (Å²) in [5.74, 6) is 1.05. The van der Waals surface area contributed by atoms with E-state index in [9.17, 15) is 14.5 Å². The maximum Gasteiger partial charge on any atom is 0.400 e. The molecule has 0 aliphatic heterocycles. The van der Waals surface area contributed by atoms with Gasteiger partial charge in [0.2, 0.25) is 0 Å². The number of carbonyl (C=O) groups excluding carboxylic acids is 1. The Bertz CT molecular complexity index is 978. The molecule has 0 spiro atoms. The van der Waals surface area contributed by atoms with Crippen molar-refractivity contribution in [2.24, 2.45) is 0 Å². The van der Waals surface area contributed by atoms with E-state index >= 15 is 0 Å². The second kappa shape index (κ2) is 9.56. The van der Waals surface area contributed by atoms with E-state index in [0.29, 0.717) is 17.9 Å². The summed E-state index contributed by atoms with van der Waals surface area (Å²) in [6, 6.07) is 9.44. The highest BCUT2D eigenvalue weighted by molar-refractivity contribution is 7.72. The first-order chi connectivity index (χ1) is 14.3. The lowest BCUT2D eigenvalue weighted by atomic mass is 9.93. The minimum Gasteiger partial charge on any atom is -0.508 e. The Kier molecular flexibility index (Phi) is 7.75. The van der Waals surface area contributed by atoms with E-state index in [0.717, 1.165) is 27.8 Å². The Labute approximate surface area is 185 Å². The number of carbonyl (C=O) groups is 1. The van der Waals surface area contributed by atoms with Crippen molar-refractivity contribution < 1.29 is 28.3 Å². The molecular weight excluding hydrogens is 415 g/mol. The van der Waals surface area contributed by atoms with Crippen LogP contribution in [0.4, 0.5) is 0 Å². The van der Waals surface area contributed by atoms with E-state index < -0.39 is 18.7 Å². The fourth-order valence-electron chi connectivity index (χ4n) is 3.58. The minimum absolute atomic E-state index is 0.230. The number of benzene rings is 2. The highest BCUT2D eigenvalue weighted by Crippen LogP contribution is 2.51. The molecule has 0 unspecified atom stereocenters. The highest BCUT2D eigenvalue weighted by Gasteiger charge is 2.45. The van der Waals surface area contributed by atoms with Crippen LogP contribution in [0.1, 0.15) is 61.4 Å². The molecule has 170 valence electrons. The highest BCUT2D eigenvalue weighted by atomic mass is 31.2. The molecule has 2 aromatic carbocycles. The molecule has 1 N–H and O–H groups in total. The van der Waals surface area contributed by atoms with Gasteiger partial charge in [0, 0.05) is 14.2 Å². The number of hydrogen-bond acceptors (Lipinski definition) is 6. The lowest BCUT2D eigenvalue weighted by Crippen LogP contribution is -2.38. The molecule has 0 aliphatic rings. The summed E-state index contributed by atoms with van der Waals surface area (Å²) < 4.78 is 28.1. The fraction of sp³-hybridized carbons (Fsp3) is 0.458.